The van der Waals surface area contributed by atoms with Gasteiger partial charge >= 0.3 is 0 Å². The highest BCUT2D eigenvalue weighted by atomic mass is 16.5. The molecule has 4 aromatic rings. The summed E-state index contributed by atoms with van der Waals surface area (Å²) in [7, 11) is 1.53. The van der Waals surface area contributed by atoms with E-state index in [1.165, 1.54) is 12.0 Å². The lowest BCUT2D eigenvalue weighted by Gasteiger charge is -2.28. The Morgan fingerprint density at radius 2 is 1.71 bits per heavy atom. The number of fused-ring (bicyclic) bond motifs is 1. The molecule has 1 unspecified atom stereocenters. The van der Waals surface area contributed by atoms with E-state index in [9.17, 15) is 14.7 Å². The van der Waals surface area contributed by atoms with E-state index in [-0.39, 0.29) is 11.3 Å². The van der Waals surface area contributed by atoms with Crippen LogP contribution in [0.15, 0.2) is 88.5 Å². The number of carbonyl (C=O) groups excluding carboxylic acids is 2. The molecule has 6 heteroatoms. The Morgan fingerprint density at radius 3 is 2.44 bits per heavy atom. The summed E-state index contributed by atoms with van der Waals surface area (Å²) < 4.78 is 11.3. The van der Waals surface area contributed by atoms with Gasteiger partial charge in [0.25, 0.3) is 5.91 Å². The van der Waals surface area contributed by atoms with E-state index in [0.29, 0.717) is 22.6 Å². The average Bonchev–Trinajstić information content (AvgIpc) is 3.39. The summed E-state index contributed by atoms with van der Waals surface area (Å²) in [5.74, 6) is -1.25. The molecule has 5 rings (SSSR count). The Bertz CT molecular complexity index is 1450. The van der Waals surface area contributed by atoms with Crippen LogP contribution in [-0.2, 0) is 4.79 Å². The molecule has 1 aliphatic heterocycles. The molecule has 1 aromatic heterocycles. The van der Waals surface area contributed by atoms with Crippen LogP contribution in [0.3, 0.4) is 0 Å². The van der Waals surface area contributed by atoms with Gasteiger partial charge in [-0.2, -0.15) is 0 Å². The van der Waals surface area contributed by atoms with Gasteiger partial charge in [0.15, 0.2) is 11.5 Å². The number of para-hydroxylation sites is 2. The fraction of sp³-hybridized carbons (Fsp3) is 0.143. The topological polar surface area (TPSA) is 80.0 Å². The van der Waals surface area contributed by atoms with Crippen molar-refractivity contribution in [3.05, 3.63) is 107 Å². The standard InChI is InChI=1S/C28H23NO5/c1-16-12-13-19(14-17(16)2)29-25(20-9-5-7-11-22(20)33-3)24(27(31)28(29)32)26(30)23-15-18-8-4-6-10-21(18)34-23/h4-15,25,31H,1-3H3. The van der Waals surface area contributed by atoms with Crippen molar-refractivity contribution in [3.8, 4) is 5.75 Å². The first kappa shape index (κ1) is 21.5. The molecule has 6 nitrogen and oxygen atoms in total. The average molecular weight is 453 g/mol. The Kier molecular flexibility index (Phi) is 5.21. The first-order valence-electron chi connectivity index (χ1n) is 10.9. The Morgan fingerprint density at radius 1 is 0.971 bits per heavy atom. The predicted octanol–water partition coefficient (Wildman–Crippen LogP) is 5.84. The third-order valence-electron chi connectivity index (χ3n) is 6.30. The number of Topliss-reactive ketones (excluding diaryl/α,β-unsaturated/α-hetero) is 1. The van der Waals surface area contributed by atoms with E-state index < -0.39 is 23.5 Å². The summed E-state index contributed by atoms with van der Waals surface area (Å²) in [5.41, 5.74) is 3.71. The molecule has 1 atom stereocenters. The van der Waals surface area contributed by atoms with Crippen LogP contribution in [0.1, 0.15) is 33.3 Å². The van der Waals surface area contributed by atoms with E-state index >= 15 is 0 Å². The molecule has 0 saturated heterocycles. The second-order valence-corrected chi connectivity index (χ2v) is 8.33. The highest BCUT2D eigenvalue weighted by Gasteiger charge is 2.46. The van der Waals surface area contributed by atoms with Crippen LogP contribution in [0.2, 0.25) is 0 Å². The van der Waals surface area contributed by atoms with Crippen molar-refractivity contribution in [2.24, 2.45) is 0 Å². The SMILES string of the molecule is COc1ccccc1C1C(C(=O)c2cc3ccccc3o2)=C(O)C(=O)N1c1ccc(C)c(C)c1. The van der Waals surface area contributed by atoms with Crippen molar-refractivity contribution in [2.75, 3.05) is 12.0 Å². The van der Waals surface area contributed by atoms with Gasteiger partial charge < -0.3 is 14.3 Å². The molecule has 0 bridgehead atoms. The van der Waals surface area contributed by atoms with Gasteiger partial charge in [0.1, 0.15) is 11.3 Å². The van der Waals surface area contributed by atoms with E-state index in [0.717, 1.165) is 16.5 Å². The zero-order valence-electron chi connectivity index (χ0n) is 19.0. The summed E-state index contributed by atoms with van der Waals surface area (Å²) in [5, 5.41) is 11.8. The number of rotatable bonds is 5. The normalized spacial score (nSPS) is 15.9. The van der Waals surface area contributed by atoms with E-state index in [1.807, 2.05) is 56.3 Å². The number of amides is 1. The molecule has 1 N–H and O–H groups in total. The molecule has 0 fully saturated rings. The van der Waals surface area contributed by atoms with Crippen molar-refractivity contribution in [3.63, 3.8) is 0 Å². The number of ether oxygens (including phenoxy) is 1. The van der Waals surface area contributed by atoms with Crippen molar-refractivity contribution in [2.45, 2.75) is 19.9 Å². The minimum absolute atomic E-state index is 0.0493. The second kappa shape index (κ2) is 8.23. The maximum absolute atomic E-state index is 13.7. The Hall–Kier alpha value is -4.32. The third kappa shape index (κ3) is 3.35. The zero-order valence-corrected chi connectivity index (χ0v) is 19.0. The van der Waals surface area contributed by atoms with Crippen LogP contribution in [0.4, 0.5) is 5.69 Å². The Balaban J connectivity index is 1.70. The first-order chi connectivity index (χ1) is 16.4. The lowest BCUT2D eigenvalue weighted by Crippen LogP contribution is -2.31. The van der Waals surface area contributed by atoms with Gasteiger partial charge in [0.05, 0.1) is 18.7 Å². The van der Waals surface area contributed by atoms with Crippen LogP contribution in [0.25, 0.3) is 11.0 Å². The number of anilines is 1. The number of carbonyl (C=O) groups is 2. The highest BCUT2D eigenvalue weighted by molar-refractivity contribution is 6.20. The summed E-state index contributed by atoms with van der Waals surface area (Å²) >= 11 is 0. The van der Waals surface area contributed by atoms with Crippen molar-refractivity contribution < 1.29 is 23.8 Å². The zero-order chi connectivity index (χ0) is 24.0. The fourth-order valence-electron chi connectivity index (χ4n) is 4.39. The number of furan rings is 1. The number of hydrogen-bond donors (Lipinski definition) is 1. The molecule has 0 spiro atoms. The molecular formula is C28H23NO5. The highest BCUT2D eigenvalue weighted by Crippen LogP contribution is 2.45. The number of benzene rings is 3. The van der Waals surface area contributed by atoms with Gasteiger partial charge in [-0.25, -0.2) is 0 Å². The molecule has 170 valence electrons. The fourth-order valence-corrected chi connectivity index (χ4v) is 4.39. The van der Waals surface area contributed by atoms with Crippen LogP contribution in [0.5, 0.6) is 5.75 Å². The third-order valence-corrected chi connectivity index (χ3v) is 6.30. The van der Waals surface area contributed by atoms with Crippen molar-refractivity contribution in [1.82, 2.24) is 0 Å². The molecule has 34 heavy (non-hydrogen) atoms. The smallest absolute Gasteiger partial charge is 0.294 e. The largest absolute Gasteiger partial charge is 0.503 e. The number of ketones is 1. The van der Waals surface area contributed by atoms with Crippen LogP contribution < -0.4 is 9.64 Å². The molecule has 0 aliphatic carbocycles. The molecular weight excluding hydrogens is 430 g/mol. The quantitative estimate of drug-likeness (QED) is 0.384. The molecule has 1 aliphatic rings. The summed E-state index contributed by atoms with van der Waals surface area (Å²) in [6.07, 6.45) is 0. The summed E-state index contributed by atoms with van der Waals surface area (Å²) in [4.78, 5) is 28.6. The van der Waals surface area contributed by atoms with Gasteiger partial charge in [0.2, 0.25) is 5.78 Å². The molecule has 3 aromatic carbocycles. The minimum Gasteiger partial charge on any atom is -0.503 e. The predicted molar refractivity (Wildman–Crippen MR) is 129 cm³/mol. The number of aliphatic hydroxyl groups excluding tert-OH is 1. The van der Waals surface area contributed by atoms with Gasteiger partial charge in [-0.15, -0.1) is 0 Å². The first-order valence-corrected chi connectivity index (χ1v) is 10.9. The van der Waals surface area contributed by atoms with Crippen molar-refractivity contribution in [1.29, 1.82) is 0 Å². The maximum Gasteiger partial charge on any atom is 0.294 e. The number of aryl methyl sites for hydroxylation is 2. The minimum atomic E-state index is -0.897. The molecule has 0 saturated carbocycles. The van der Waals surface area contributed by atoms with Gasteiger partial charge in [0, 0.05) is 16.6 Å². The molecule has 2 heterocycles. The number of methoxy groups -OCH3 is 1. The van der Waals surface area contributed by atoms with Crippen molar-refractivity contribution >= 4 is 28.3 Å². The van der Waals surface area contributed by atoms with E-state index in [1.54, 1.807) is 30.3 Å². The summed E-state index contributed by atoms with van der Waals surface area (Å²) in [6, 6.07) is 20.7. The lowest BCUT2D eigenvalue weighted by molar-refractivity contribution is -0.117. The van der Waals surface area contributed by atoms with Gasteiger partial charge in [-0.3, -0.25) is 14.5 Å². The van der Waals surface area contributed by atoms with Crippen LogP contribution in [-0.4, -0.2) is 23.9 Å². The summed E-state index contributed by atoms with van der Waals surface area (Å²) in [6.45, 7) is 3.93. The monoisotopic (exact) mass is 453 g/mol. The number of hydrogen-bond acceptors (Lipinski definition) is 5. The number of nitrogens with zero attached hydrogens (tertiary/aromatic N) is 1. The molecule has 1 amide bonds. The number of aliphatic hydroxyl groups is 1. The van der Waals surface area contributed by atoms with E-state index in [4.69, 9.17) is 9.15 Å². The lowest BCUT2D eigenvalue weighted by atomic mass is 9.94. The van der Waals surface area contributed by atoms with Gasteiger partial charge in [-0.05, 0) is 55.3 Å². The molecule has 0 radical (unpaired) electrons. The maximum atomic E-state index is 13.7. The second-order valence-electron chi connectivity index (χ2n) is 8.33. The Labute approximate surface area is 196 Å². The van der Waals surface area contributed by atoms with Crippen LogP contribution >= 0.6 is 0 Å². The van der Waals surface area contributed by atoms with Crippen LogP contribution in [0, 0.1) is 13.8 Å². The van der Waals surface area contributed by atoms with Gasteiger partial charge in [-0.1, -0.05) is 42.5 Å². The van der Waals surface area contributed by atoms with E-state index in [2.05, 4.69) is 0 Å².